The first-order chi connectivity index (χ1) is 5.56. The molecular weight excluding hydrogens is 156 g/mol. The molecule has 1 unspecified atom stereocenters. The summed E-state index contributed by atoms with van der Waals surface area (Å²) in [5.74, 6) is -0.908. The minimum absolute atomic E-state index is 0.417. The highest BCUT2D eigenvalue weighted by molar-refractivity contribution is 5.76. The van der Waals surface area contributed by atoms with Crippen molar-refractivity contribution in [3.63, 3.8) is 0 Å². The van der Waals surface area contributed by atoms with Crippen LogP contribution in [0.2, 0.25) is 0 Å². The van der Waals surface area contributed by atoms with E-state index < -0.39 is 11.6 Å². The van der Waals surface area contributed by atoms with Gasteiger partial charge in [-0.1, -0.05) is 13.0 Å². The molecule has 3 nitrogen and oxygen atoms in total. The van der Waals surface area contributed by atoms with Gasteiger partial charge < -0.3 is 9.84 Å². The van der Waals surface area contributed by atoms with Crippen LogP contribution in [0.3, 0.4) is 0 Å². The molecule has 0 aliphatic rings. The van der Waals surface area contributed by atoms with E-state index in [2.05, 4.69) is 6.58 Å². The lowest BCUT2D eigenvalue weighted by molar-refractivity contribution is -0.163. The Hall–Kier alpha value is -0.830. The zero-order valence-corrected chi connectivity index (χ0v) is 7.67. The van der Waals surface area contributed by atoms with Crippen molar-refractivity contribution >= 4 is 5.97 Å². The van der Waals surface area contributed by atoms with Gasteiger partial charge in [0.05, 0.1) is 6.61 Å². The lowest BCUT2D eigenvalue weighted by Gasteiger charge is -2.23. The van der Waals surface area contributed by atoms with Crippen molar-refractivity contribution in [2.75, 3.05) is 6.61 Å². The third kappa shape index (κ3) is 3.05. The second-order valence-corrected chi connectivity index (χ2v) is 2.82. The standard InChI is InChI=1S/C9H16O3/c1-4-6-7-12-9(3,5-2)8(10)11/h4H,1,5-7H2,2-3H3,(H,10,11). The summed E-state index contributed by atoms with van der Waals surface area (Å²) in [5, 5.41) is 8.78. The number of carboxylic acids is 1. The number of rotatable bonds is 6. The van der Waals surface area contributed by atoms with Gasteiger partial charge in [0.25, 0.3) is 0 Å². The second-order valence-electron chi connectivity index (χ2n) is 2.82. The molecule has 0 aliphatic carbocycles. The zero-order valence-electron chi connectivity index (χ0n) is 7.67. The molecule has 0 bridgehead atoms. The Morgan fingerprint density at radius 3 is 2.67 bits per heavy atom. The molecule has 0 amide bonds. The van der Waals surface area contributed by atoms with Gasteiger partial charge in [0.15, 0.2) is 5.60 Å². The predicted octanol–water partition coefficient (Wildman–Crippen LogP) is 1.83. The molecule has 0 saturated heterocycles. The Labute approximate surface area is 73.0 Å². The van der Waals surface area contributed by atoms with Gasteiger partial charge in [-0.05, 0) is 19.8 Å². The summed E-state index contributed by atoms with van der Waals surface area (Å²) in [4.78, 5) is 10.7. The summed E-state index contributed by atoms with van der Waals surface area (Å²) >= 11 is 0. The minimum atomic E-state index is -1.04. The van der Waals surface area contributed by atoms with Crippen LogP contribution in [0.4, 0.5) is 0 Å². The highest BCUT2D eigenvalue weighted by atomic mass is 16.5. The van der Waals surface area contributed by atoms with Gasteiger partial charge in [-0.15, -0.1) is 6.58 Å². The molecule has 12 heavy (non-hydrogen) atoms. The van der Waals surface area contributed by atoms with Gasteiger partial charge in [-0.3, -0.25) is 0 Å². The SMILES string of the molecule is C=CCCOC(C)(CC)C(=O)O. The predicted molar refractivity (Wildman–Crippen MR) is 47.1 cm³/mol. The maximum atomic E-state index is 10.7. The lowest BCUT2D eigenvalue weighted by Crippen LogP contribution is -2.37. The zero-order chi connectivity index (χ0) is 9.61. The van der Waals surface area contributed by atoms with E-state index in [1.165, 1.54) is 0 Å². The van der Waals surface area contributed by atoms with Gasteiger partial charge in [0.1, 0.15) is 0 Å². The molecule has 0 saturated carbocycles. The normalized spacial score (nSPS) is 15.2. The van der Waals surface area contributed by atoms with Crippen LogP contribution >= 0.6 is 0 Å². The van der Waals surface area contributed by atoms with Gasteiger partial charge in [0, 0.05) is 0 Å². The van der Waals surface area contributed by atoms with Crippen molar-refractivity contribution in [2.45, 2.75) is 32.3 Å². The van der Waals surface area contributed by atoms with Crippen LogP contribution in [-0.4, -0.2) is 23.3 Å². The quantitative estimate of drug-likeness (QED) is 0.491. The highest BCUT2D eigenvalue weighted by Crippen LogP contribution is 2.15. The average Bonchev–Trinajstić information content (AvgIpc) is 2.04. The number of carbonyl (C=O) groups is 1. The fraction of sp³-hybridized carbons (Fsp3) is 0.667. The summed E-state index contributed by atoms with van der Waals surface area (Å²) in [6, 6.07) is 0. The second kappa shape index (κ2) is 4.93. The van der Waals surface area contributed by atoms with E-state index in [1.54, 1.807) is 19.9 Å². The molecule has 0 spiro atoms. The van der Waals surface area contributed by atoms with Crippen LogP contribution < -0.4 is 0 Å². The van der Waals surface area contributed by atoms with Crippen molar-refractivity contribution in [3.05, 3.63) is 12.7 Å². The van der Waals surface area contributed by atoms with E-state index in [0.717, 1.165) is 0 Å². The van der Waals surface area contributed by atoms with Crippen LogP contribution in [0, 0.1) is 0 Å². The Balaban J connectivity index is 3.96. The van der Waals surface area contributed by atoms with Gasteiger partial charge in [-0.2, -0.15) is 0 Å². The van der Waals surface area contributed by atoms with E-state index in [4.69, 9.17) is 9.84 Å². The summed E-state index contributed by atoms with van der Waals surface area (Å²) in [6.45, 7) is 7.32. The van der Waals surface area contributed by atoms with E-state index in [9.17, 15) is 4.79 Å². The molecular formula is C9H16O3. The number of ether oxygens (including phenoxy) is 1. The molecule has 0 aromatic heterocycles. The first-order valence-corrected chi connectivity index (χ1v) is 4.05. The Morgan fingerprint density at radius 1 is 1.75 bits per heavy atom. The Kier molecular flexibility index (Phi) is 4.59. The van der Waals surface area contributed by atoms with Crippen molar-refractivity contribution in [3.8, 4) is 0 Å². The molecule has 0 fully saturated rings. The summed E-state index contributed by atoms with van der Waals surface area (Å²) in [7, 11) is 0. The molecule has 0 heterocycles. The van der Waals surface area contributed by atoms with Crippen molar-refractivity contribution in [1.29, 1.82) is 0 Å². The van der Waals surface area contributed by atoms with Crippen LogP contribution in [0.15, 0.2) is 12.7 Å². The van der Waals surface area contributed by atoms with Crippen molar-refractivity contribution in [1.82, 2.24) is 0 Å². The number of hydrogen-bond donors (Lipinski definition) is 1. The average molecular weight is 172 g/mol. The highest BCUT2D eigenvalue weighted by Gasteiger charge is 2.31. The van der Waals surface area contributed by atoms with Crippen LogP contribution in [0.25, 0.3) is 0 Å². The van der Waals surface area contributed by atoms with Crippen molar-refractivity contribution < 1.29 is 14.6 Å². The molecule has 3 heteroatoms. The maximum absolute atomic E-state index is 10.7. The van der Waals surface area contributed by atoms with Crippen LogP contribution in [0.1, 0.15) is 26.7 Å². The molecule has 0 aromatic rings. The molecule has 0 aromatic carbocycles. The van der Waals surface area contributed by atoms with Crippen molar-refractivity contribution in [2.24, 2.45) is 0 Å². The summed E-state index contributed by atoms with van der Waals surface area (Å²) in [6.07, 6.45) is 2.86. The van der Waals surface area contributed by atoms with Gasteiger partial charge >= 0.3 is 5.97 Å². The molecule has 70 valence electrons. The lowest BCUT2D eigenvalue weighted by atomic mass is 10.0. The third-order valence-electron chi connectivity index (χ3n) is 1.87. The summed E-state index contributed by atoms with van der Waals surface area (Å²) in [5.41, 5.74) is -1.04. The smallest absolute Gasteiger partial charge is 0.335 e. The topological polar surface area (TPSA) is 46.5 Å². The maximum Gasteiger partial charge on any atom is 0.335 e. The number of hydrogen-bond acceptors (Lipinski definition) is 2. The van der Waals surface area contributed by atoms with Crippen LogP contribution in [-0.2, 0) is 9.53 Å². The molecule has 0 radical (unpaired) electrons. The summed E-state index contributed by atoms with van der Waals surface area (Å²) < 4.78 is 5.21. The first-order valence-electron chi connectivity index (χ1n) is 4.05. The van der Waals surface area contributed by atoms with E-state index in [1.807, 2.05) is 0 Å². The fourth-order valence-corrected chi connectivity index (χ4v) is 0.683. The minimum Gasteiger partial charge on any atom is -0.479 e. The first kappa shape index (κ1) is 11.2. The molecule has 1 N–H and O–H groups in total. The third-order valence-corrected chi connectivity index (χ3v) is 1.87. The largest absolute Gasteiger partial charge is 0.479 e. The van der Waals surface area contributed by atoms with Gasteiger partial charge in [0.2, 0.25) is 0 Å². The van der Waals surface area contributed by atoms with E-state index in [0.29, 0.717) is 19.4 Å². The molecule has 1 atom stereocenters. The van der Waals surface area contributed by atoms with E-state index in [-0.39, 0.29) is 0 Å². The Bertz CT molecular complexity index is 165. The monoisotopic (exact) mass is 172 g/mol. The molecule has 0 aliphatic heterocycles. The van der Waals surface area contributed by atoms with Gasteiger partial charge in [-0.25, -0.2) is 4.79 Å². The molecule has 0 rings (SSSR count). The van der Waals surface area contributed by atoms with Crippen LogP contribution in [0.5, 0.6) is 0 Å². The fourth-order valence-electron chi connectivity index (χ4n) is 0.683. The number of carboxylic acid groups (broad SMARTS) is 1. The Morgan fingerprint density at radius 2 is 2.33 bits per heavy atom. The number of aliphatic carboxylic acids is 1. The van der Waals surface area contributed by atoms with E-state index >= 15 is 0 Å².